The number of ether oxygens (including phenoxy) is 3. The Morgan fingerprint density at radius 3 is 2.56 bits per heavy atom. The third-order valence-electron chi connectivity index (χ3n) is 4.18. The molecular formula is C23H34FIN4O3. The van der Waals surface area contributed by atoms with Crippen molar-refractivity contribution in [2.45, 2.75) is 33.2 Å². The average Bonchev–Trinajstić information content (AvgIpc) is 2.78. The molecule has 0 aliphatic heterocycles. The highest BCUT2D eigenvalue weighted by molar-refractivity contribution is 14.0. The zero-order chi connectivity index (χ0) is 22.2. The molecule has 2 aromatic rings. The number of unbranched alkanes of at least 4 members (excludes halogenated alkanes) is 1. The van der Waals surface area contributed by atoms with E-state index in [1.54, 1.807) is 30.5 Å². The van der Waals surface area contributed by atoms with Gasteiger partial charge in [-0.3, -0.25) is 4.98 Å². The van der Waals surface area contributed by atoms with Gasteiger partial charge in [0.25, 0.3) is 0 Å². The predicted octanol–water partition coefficient (Wildman–Crippen LogP) is 4.52. The van der Waals surface area contributed by atoms with Gasteiger partial charge in [-0.25, -0.2) is 9.38 Å². The lowest BCUT2D eigenvalue weighted by Gasteiger charge is -2.12. The van der Waals surface area contributed by atoms with E-state index in [1.807, 2.05) is 6.92 Å². The van der Waals surface area contributed by atoms with Gasteiger partial charge in [0.15, 0.2) is 17.5 Å². The van der Waals surface area contributed by atoms with Crippen LogP contribution < -0.4 is 15.4 Å². The third-order valence-corrected chi connectivity index (χ3v) is 4.18. The minimum Gasteiger partial charge on any atom is -0.453 e. The van der Waals surface area contributed by atoms with Crippen LogP contribution in [0.3, 0.4) is 0 Å². The molecule has 1 heterocycles. The van der Waals surface area contributed by atoms with Crippen molar-refractivity contribution < 1.29 is 18.6 Å². The van der Waals surface area contributed by atoms with Gasteiger partial charge in [-0.15, -0.1) is 24.0 Å². The quantitative estimate of drug-likeness (QED) is 0.153. The summed E-state index contributed by atoms with van der Waals surface area (Å²) in [5.74, 6) is 0.854. The first-order valence-corrected chi connectivity index (χ1v) is 10.8. The standard InChI is InChI=1S/C23H33FN4O3.HI/c1-3-5-12-29-14-15-30-13-11-27-23(26-4-2)28-17-19-8-9-22(21(24)16-19)31-20-7-6-10-25-18-20;/h6-10,16,18H,3-5,11-15,17H2,1-2H3,(H2,26,27,28);1H. The van der Waals surface area contributed by atoms with E-state index in [4.69, 9.17) is 14.2 Å². The number of aliphatic imine (C=N–C) groups is 1. The molecule has 0 atom stereocenters. The van der Waals surface area contributed by atoms with Crippen LogP contribution in [0, 0.1) is 5.82 Å². The van der Waals surface area contributed by atoms with Crippen LogP contribution in [-0.2, 0) is 16.0 Å². The van der Waals surface area contributed by atoms with E-state index in [1.165, 1.54) is 12.3 Å². The SMILES string of the molecule is CCCCOCCOCCNC(=NCc1ccc(Oc2cccnc2)c(F)c1)NCC.I. The molecule has 32 heavy (non-hydrogen) atoms. The van der Waals surface area contributed by atoms with Crippen molar-refractivity contribution in [3.63, 3.8) is 0 Å². The molecule has 0 fully saturated rings. The summed E-state index contributed by atoms with van der Waals surface area (Å²) in [6, 6.07) is 8.29. The maximum atomic E-state index is 14.4. The van der Waals surface area contributed by atoms with Gasteiger partial charge < -0.3 is 24.8 Å². The molecule has 178 valence electrons. The lowest BCUT2D eigenvalue weighted by molar-refractivity contribution is 0.0487. The second-order valence-corrected chi connectivity index (χ2v) is 6.76. The molecule has 0 spiro atoms. The third kappa shape index (κ3) is 11.6. The van der Waals surface area contributed by atoms with Crippen LogP contribution in [0.1, 0.15) is 32.3 Å². The minimum atomic E-state index is -0.441. The van der Waals surface area contributed by atoms with Crippen molar-refractivity contribution in [1.29, 1.82) is 0 Å². The van der Waals surface area contributed by atoms with Crippen molar-refractivity contribution >= 4 is 29.9 Å². The molecule has 9 heteroatoms. The molecule has 0 amide bonds. The number of hydrogen-bond acceptors (Lipinski definition) is 5. The second kappa shape index (κ2) is 17.6. The van der Waals surface area contributed by atoms with E-state index >= 15 is 0 Å². The Hall–Kier alpha value is -1.98. The molecule has 0 bridgehead atoms. The lowest BCUT2D eigenvalue weighted by Crippen LogP contribution is -2.39. The number of guanidine groups is 1. The van der Waals surface area contributed by atoms with Crippen molar-refractivity contribution in [1.82, 2.24) is 15.6 Å². The second-order valence-electron chi connectivity index (χ2n) is 6.76. The van der Waals surface area contributed by atoms with Crippen molar-refractivity contribution in [2.75, 3.05) is 39.5 Å². The van der Waals surface area contributed by atoms with E-state index < -0.39 is 5.82 Å². The summed E-state index contributed by atoms with van der Waals surface area (Å²) >= 11 is 0. The summed E-state index contributed by atoms with van der Waals surface area (Å²) < 4.78 is 30.9. The van der Waals surface area contributed by atoms with Gasteiger partial charge in [-0.05, 0) is 43.2 Å². The molecule has 7 nitrogen and oxygen atoms in total. The zero-order valence-corrected chi connectivity index (χ0v) is 21.1. The molecular weight excluding hydrogens is 526 g/mol. The highest BCUT2D eigenvalue weighted by atomic mass is 127. The Morgan fingerprint density at radius 2 is 1.88 bits per heavy atom. The highest BCUT2D eigenvalue weighted by Crippen LogP contribution is 2.24. The van der Waals surface area contributed by atoms with Gasteiger partial charge in [-0.1, -0.05) is 19.4 Å². The van der Waals surface area contributed by atoms with Crippen LogP contribution in [0.2, 0.25) is 0 Å². The summed E-state index contributed by atoms with van der Waals surface area (Å²) in [5.41, 5.74) is 0.744. The maximum absolute atomic E-state index is 14.4. The van der Waals surface area contributed by atoms with Gasteiger partial charge in [0.2, 0.25) is 0 Å². The van der Waals surface area contributed by atoms with Gasteiger partial charge >= 0.3 is 0 Å². The summed E-state index contributed by atoms with van der Waals surface area (Å²) in [5, 5.41) is 6.38. The lowest BCUT2D eigenvalue weighted by atomic mass is 10.2. The Morgan fingerprint density at radius 1 is 1.06 bits per heavy atom. The molecule has 2 rings (SSSR count). The number of hydrogen-bond donors (Lipinski definition) is 2. The molecule has 0 aliphatic carbocycles. The molecule has 0 aliphatic rings. The van der Waals surface area contributed by atoms with E-state index in [0.717, 1.165) is 31.6 Å². The van der Waals surface area contributed by atoms with E-state index in [0.29, 0.717) is 44.6 Å². The molecule has 1 aromatic heterocycles. The number of pyridine rings is 1. The van der Waals surface area contributed by atoms with Crippen LogP contribution in [0.15, 0.2) is 47.7 Å². The Bertz CT molecular complexity index is 781. The smallest absolute Gasteiger partial charge is 0.191 e. The van der Waals surface area contributed by atoms with Crippen LogP contribution in [-0.4, -0.2) is 50.5 Å². The number of rotatable bonds is 14. The van der Waals surface area contributed by atoms with Gasteiger partial charge in [-0.2, -0.15) is 0 Å². The number of halogens is 2. The molecule has 0 unspecified atom stereocenters. The highest BCUT2D eigenvalue weighted by Gasteiger charge is 2.07. The molecule has 1 aromatic carbocycles. The largest absolute Gasteiger partial charge is 0.453 e. The van der Waals surface area contributed by atoms with Crippen LogP contribution in [0.25, 0.3) is 0 Å². The van der Waals surface area contributed by atoms with E-state index in [9.17, 15) is 4.39 Å². The molecule has 0 saturated heterocycles. The van der Waals surface area contributed by atoms with Gasteiger partial charge in [0, 0.05) is 25.9 Å². The van der Waals surface area contributed by atoms with Crippen molar-refractivity contribution in [3.8, 4) is 11.5 Å². The zero-order valence-electron chi connectivity index (χ0n) is 18.8. The number of benzene rings is 1. The Kier molecular flexibility index (Phi) is 15.4. The summed E-state index contributed by atoms with van der Waals surface area (Å²) in [6.45, 7) is 8.34. The first-order chi connectivity index (χ1) is 15.2. The van der Waals surface area contributed by atoms with Crippen LogP contribution >= 0.6 is 24.0 Å². The normalized spacial score (nSPS) is 11.0. The van der Waals surface area contributed by atoms with Crippen LogP contribution in [0.4, 0.5) is 4.39 Å². The topological polar surface area (TPSA) is 77.0 Å². The predicted molar refractivity (Wildman–Crippen MR) is 135 cm³/mol. The monoisotopic (exact) mass is 560 g/mol. The van der Waals surface area contributed by atoms with E-state index in [2.05, 4.69) is 27.5 Å². The molecule has 0 saturated carbocycles. The van der Waals surface area contributed by atoms with E-state index in [-0.39, 0.29) is 29.7 Å². The molecule has 0 radical (unpaired) electrons. The number of nitrogens with one attached hydrogen (secondary N) is 2. The van der Waals surface area contributed by atoms with Crippen LogP contribution in [0.5, 0.6) is 11.5 Å². The number of nitrogens with zero attached hydrogens (tertiary/aromatic N) is 2. The first-order valence-electron chi connectivity index (χ1n) is 10.8. The van der Waals surface area contributed by atoms with Crippen molar-refractivity contribution in [2.24, 2.45) is 4.99 Å². The van der Waals surface area contributed by atoms with Gasteiger partial charge in [0.1, 0.15) is 5.75 Å². The maximum Gasteiger partial charge on any atom is 0.191 e. The number of aromatic nitrogens is 1. The van der Waals surface area contributed by atoms with Gasteiger partial charge in [0.05, 0.1) is 32.6 Å². The molecule has 2 N–H and O–H groups in total. The average molecular weight is 560 g/mol. The Balaban J connectivity index is 0.00000512. The summed E-state index contributed by atoms with van der Waals surface area (Å²) in [6.07, 6.45) is 5.38. The summed E-state index contributed by atoms with van der Waals surface area (Å²) in [4.78, 5) is 8.46. The first kappa shape index (κ1) is 28.1. The minimum absolute atomic E-state index is 0. The fourth-order valence-electron chi connectivity index (χ4n) is 2.58. The fourth-order valence-corrected chi connectivity index (χ4v) is 2.58. The summed E-state index contributed by atoms with van der Waals surface area (Å²) in [7, 11) is 0. The van der Waals surface area contributed by atoms with Crippen molar-refractivity contribution in [3.05, 3.63) is 54.1 Å². The Labute approximate surface area is 207 Å². The fraction of sp³-hybridized carbons (Fsp3) is 0.478.